The summed E-state index contributed by atoms with van der Waals surface area (Å²) in [5.74, 6) is 0.480. The molecule has 2 aromatic rings. The lowest BCUT2D eigenvalue weighted by Crippen LogP contribution is -2.43. The highest BCUT2D eigenvalue weighted by atomic mass is 32.2. The Balaban J connectivity index is 1.86. The molecule has 1 saturated heterocycles. The van der Waals surface area contributed by atoms with Crippen LogP contribution in [-0.2, 0) is 24.7 Å². The van der Waals surface area contributed by atoms with Crippen LogP contribution in [0.25, 0.3) is 0 Å². The molecule has 0 bridgehead atoms. The number of para-hydroxylation sites is 1. The quantitative estimate of drug-likeness (QED) is 0.567. The van der Waals surface area contributed by atoms with E-state index in [1.807, 2.05) is 6.07 Å². The number of carbonyl (C=O) groups excluding carboxylic acids is 1. The van der Waals surface area contributed by atoms with Crippen LogP contribution in [0, 0.1) is 0 Å². The lowest BCUT2D eigenvalue weighted by Gasteiger charge is -2.26. The van der Waals surface area contributed by atoms with Crippen LogP contribution in [0.2, 0.25) is 0 Å². The second kappa shape index (κ2) is 10.6. The molecule has 0 atom stereocenters. The van der Waals surface area contributed by atoms with Gasteiger partial charge in [0, 0.05) is 26.2 Å². The van der Waals surface area contributed by atoms with E-state index in [4.69, 9.17) is 4.74 Å². The van der Waals surface area contributed by atoms with Gasteiger partial charge in [0.1, 0.15) is 5.75 Å². The monoisotopic (exact) mass is 495 g/mol. The van der Waals surface area contributed by atoms with Gasteiger partial charge in [0.2, 0.25) is 15.9 Å². The molecule has 1 fully saturated rings. The predicted octanol–water partition coefficient (Wildman–Crippen LogP) is 2.18. The number of sulfonamides is 1. The van der Waals surface area contributed by atoms with Crippen LogP contribution < -0.4 is 10.1 Å². The molecule has 1 heterocycles. The van der Waals surface area contributed by atoms with Crippen molar-refractivity contribution in [2.75, 3.05) is 49.5 Å². The van der Waals surface area contributed by atoms with Gasteiger partial charge in [0.15, 0.2) is 15.6 Å². The fourth-order valence-electron chi connectivity index (χ4n) is 3.49. The van der Waals surface area contributed by atoms with Crippen molar-refractivity contribution >= 4 is 31.5 Å². The van der Waals surface area contributed by atoms with Crippen LogP contribution in [-0.4, -0.2) is 76.2 Å². The number of anilines is 1. The van der Waals surface area contributed by atoms with Crippen molar-refractivity contribution in [1.82, 2.24) is 9.21 Å². The molecule has 11 heteroatoms. The molecule has 0 saturated carbocycles. The Morgan fingerprint density at radius 2 is 1.70 bits per heavy atom. The van der Waals surface area contributed by atoms with E-state index in [1.165, 1.54) is 22.5 Å². The Morgan fingerprint density at radius 3 is 2.30 bits per heavy atom. The summed E-state index contributed by atoms with van der Waals surface area (Å²) in [5.41, 5.74) is 0.224. The summed E-state index contributed by atoms with van der Waals surface area (Å²) in [5, 5.41) is 2.75. The molecule has 33 heavy (non-hydrogen) atoms. The number of sulfone groups is 1. The lowest BCUT2D eigenvalue weighted by molar-refractivity contribution is -0.117. The smallest absolute Gasteiger partial charge is 0.243 e. The van der Waals surface area contributed by atoms with Gasteiger partial charge in [0.25, 0.3) is 0 Å². The number of amides is 1. The van der Waals surface area contributed by atoms with E-state index in [2.05, 4.69) is 5.32 Å². The van der Waals surface area contributed by atoms with Crippen LogP contribution >= 0.6 is 0 Å². The number of carbonyl (C=O) groups is 1. The summed E-state index contributed by atoms with van der Waals surface area (Å²) in [4.78, 5) is 14.5. The van der Waals surface area contributed by atoms with Crippen molar-refractivity contribution < 1.29 is 26.4 Å². The lowest BCUT2D eigenvalue weighted by atomic mass is 10.2. The predicted molar refractivity (Wildman–Crippen MR) is 127 cm³/mol. The number of ether oxygens (including phenoxy) is 1. The van der Waals surface area contributed by atoms with E-state index in [1.54, 1.807) is 43.0 Å². The summed E-state index contributed by atoms with van der Waals surface area (Å²) in [6.07, 6.45) is 0. The highest BCUT2D eigenvalue weighted by Gasteiger charge is 2.25. The van der Waals surface area contributed by atoms with E-state index in [0.717, 1.165) is 0 Å². The average molecular weight is 496 g/mol. The highest BCUT2D eigenvalue weighted by molar-refractivity contribution is 7.91. The molecular formula is C22H29N3O6S2. The van der Waals surface area contributed by atoms with Crippen LogP contribution in [0.4, 0.5) is 5.69 Å². The molecule has 0 aromatic heterocycles. The molecule has 9 nitrogen and oxygen atoms in total. The number of hydrogen-bond donors (Lipinski definition) is 1. The van der Waals surface area contributed by atoms with Crippen LogP contribution in [0.5, 0.6) is 11.5 Å². The first-order valence-electron chi connectivity index (χ1n) is 10.7. The van der Waals surface area contributed by atoms with Crippen molar-refractivity contribution in [3.8, 4) is 11.5 Å². The number of nitrogens with zero attached hydrogens (tertiary/aromatic N) is 2. The Kier molecular flexibility index (Phi) is 8.11. The van der Waals surface area contributed by atoms with Crippen molar-refractivity contribution in [2.24, 2.45) is 0 Å². The molecule has 1 N–H and O–H groups in total. The van der Waals surface area contributed by atoms with E-state index < -0.39 is 19.9 Å². The molecular weight excluding hydrogens is 466 g/mol. The first-order chi connectivity index (χ1) is 15.6. The Hall–Kier alpha value is -2.47. The first kappa shape index (κ1) is 25.2. The zero-order valence-corrected chi connectivity index (χ0v) is 20.4. The van der Waals surface area contributed by atoms with E-state index in [9.17, 15) is 21.6 Å². The van der Waals surface area contributed by atoms with Crippen molar-refractivity contribution in [3.63, 3.8) is 0 Å². The van der Waals surface area contributed by atoms with Gasteiger partial charge in [-0.1, -0.05) is 32.0 Å². The zero-order chi connectivity index (χ0) is 24.1. The van der Waals surface area contributed by atoms with Gasteiger partial charge < -0.3 is 10.1 Å². The summed E-state index contributed by atoms with van der Waals surface area (Å²) in [7, 11) is -6.79. The number of rotatable bonds is 9. The summed E-state index contributed by atoms with van der Waals surface area (Å²) in [6.45, 7) is 4.71. The van der Waals surface area contributed by atoms with Crippen LogP contribution in [0.1, 0.15) is 13.8 Å². The molecule has 0 spiro atoms. The summed E-state index contributed by atoms with van der Waals surface area (Å²) >= 11 is 0. The van der Waals surface area contributed by atoms with Crippen LogP contribution in [0.3, 0.4) is 0 Å². The molecule has 1 amide bonds. The standard InChI is InChI=1S/C22H29N3O6S2/c1-3-25(4-2)33(29,30)19-10-11-21(31-18-8-6-5-7-9-18)20(16-19)23-22(26)17-24-12-14-32(27,28)15-13-24/h5-11,16H,3-4,12-15,17H2,1-2H3,(H,23,26). The fraction of sp³-hybridized carbons (Fsp3) is 0.409. The second-order valence-electron chi connectivity index (χ2n) is 7.64. The van der Waals surface area contributed by atoms with Crippen molar-refractivity contribution in [2.45, 2.75) is 18.7 Å². The second-order valence-corrected chi connectivity index (χ2v) is 11.9. The van der Waals surface area contributed by atoms with Gasteiger partial charge in [-0.2, -0.15) is 4.31 Å². The molecule has 1 aliphatic heterocycles. The van der Waals surface area contributed by atoms with Gasteiger partial charge >= 0.3 is 0 Å². The summed E-state index contributed by atoms with van der Waals surface area (Å²) in [6, 6.07) is 13.3. The third kappa shape index (κ3) is 6.53. The Bertz CT molecular complexity index is 1170. The topological polar surface area (TPSA) is 113 Å². The maximum atomic E-state index is 13.0. The minimum Gasteiger partial charge on any atom is -0.455 e. The minimum absolute atomic E-state index is 0.00663. The van der Waals surface area contributed by atoms with Gasteiger partial charge in [0.05, 0.1) is 28.6 Å². The van der Waals surface area contributed by atoms with E-state index in [0.29, 0.717) is 24.6 Å². The van der Waals surface area contributed by atoms with Crippen molar-refractivity contribution in [1.29, 1.82) is 0 Å². The van der Waals surface area contributed by atoms with Gasteiger partial charge in [-0.25, -0.2) is 16.8 Å². The van der Waals surface area contributed by atoms with Gasteiger partial charge in [-0.05, 0) is 30.3 Å². The van der Waals surface area contributed by atoms with E-state index >= 15 is 0 Å². The third-order valence-corrected chi connectivity index (χ3v) is 9.00. The maximum Gasteiger partial charge on any atom is 0.243 e. The normalized spacial score (nSPS) is 16.5. The van der Waals surface area contributed by atoms with E-state index in [-0.39, 0.29) is 47.6 Å². The molecule has 180 valence electrons. The fourth-order valence-corrected chi connectivity index (χ4v) is 6.25. The molecule has 2 aromatic carbocycles. The van der Waals surface area contributed by atoms with Gasteiger partial charge in [-0.15, -0.1) is 0 Å². The van der Waals surface area contributed by atoms with Gasteiger partial charge in [-0.3, -0.25) is 9.69 Å². The maximum absolute atomic E-state index is 13.0. The molecule has 3 rings (SSSR count). The van der Waals surface area contributed by atoms with Crippen molar-refractivity contribution in [3.05, 3.63) is 48.5 Å². The minimum atomic E-state index is -3.74. The molecule has 0 radical (unpaired) electrons. The molecule has 0 aliphatic carbocycles. The number of nitrogens with one attached hydrogen (secondary N) is 1. The largest absolute Gasteiger partial charge is 0.455 e. The molecule has 0 unspecified atom stereocenters. The zero-order valence-electron chi connectivity index (χ0n) is 18.7. The summed E-state index contributed by atoms with van der Waals surface area (Å²) < 4.78 is 56.4. The average Bonchev–Trinajstić information content (AvgIpc) is 2.77. The molecule has 1 aliphatic rings. The van der Waals surface area contributed by atoms with Crippen LogP contribution in [0.15, 0.2) is 53.4 Å². The number of benzene rings is 2. The highest BCUT2D eigenvalue weighted by Crippen LogP contribution is 2.32. The third-order valence-electron chi connectivity index (χ3n) is 5.34. The number of hydrogen-bond acceptors (Lipinski definition) is 7. The Morgan fingerprint density at radius 1 is 1.06 bits per heavy atom. The Labute approximate surface area is 195 Å². The SMILES string of the molecule is CCN(CC)S(=O)(=O)c1ccc(Oc2ccccc2)c(NC(=O)CN2CCS(=O)(=O)CC2)c1. The first-order valence-corrected chi connectivity index (χ1v) is 14.0.